The van der Waals surface area contributed by atoms with E-state index < -0.39 is 0 Å². The predicted octanol–water partition coefficient (Wildman–Crippen LogP) is 4.36. The van der Waals surface area contributed by atoms with Gasteiger partial charge in [0.15, 0.2) is 11.6 Å². The van der Waals surface area contributed by atoms with Gasteiger partial charge in [-0.1, -0.05) is 29.3 Å². The van der Waals surface area contributed by atoms with E-state index in [9.17, 15) is 4.79 Å². The molecule has 0 radical (unpaired) electrons. The summed E-state index contributed by atoms with van der Waals surface area (Å²) in [5, 5.41) is 3.70. The molecule has 8 heteroatoms. The third kappa shape index (κ3) is 4.28. The summed E-state index contributed by atoms with van der Waals surface area (Å²) in [7, 11) is 1.51. The molecule has 0 unspecified atom stereocenters. The second-order valence-corrected chi connectivity index (χ2v) is 6.13. The van der Waals surface area contributed by atoms with E-state index in [0.29, 0.717) is 33.1 Å². The molecule has 0 saturated heterocycles. The highest BCUT2D eigenvalue weighted by Gasteiger charge is 2.15. The van der Waals surface area contributed by atoms with Crippen molar-refractivity contribution < 1.29 is 9.53 Å². The number of hydrogen-bond donors (Lipinski definition) is 1. The van der Waals surface area contributed by atoms with E-state index in [0.717, 1.165) is 5.56 Å². The second kappa shape index (κ2) is 8.12. The Bertz CT molecular complexity index is 930. The van der Waals surface area contributed by atoms with Gasteiger partial charge >= 0.3 is 0 Å². The number of pyridine rings is 1. The average molecular weight is 389 g/mol. The largest absolute Gasteiger partial charge is 0.480 e. The van der Waals surface area contributed by atoms with Crippen LogP contribution in [-0.4, -0.2) is 27.8 Å². The number of anilines is 2. The average Bonchev–Trinajstić information content (AvgIpc) is 2.62. The summed E-state index contributed by atoms with van der Waals surface area (Å²) in [4.78, 5) is 25.0. The minimum Gasteiger partial charge on any atom is -0.480 e. The Kier molecular flexibility index (Phi) is 5.65. The number of halogens is 2. The van der Waals surface area contributed by atoms with E-state index in [-0.39, 0.29) is 12.2 Å². The standard InChI is InChI=1S/C18H14Cl2N4O2/c1-26-17-10-21-9-16(24-17)23-15-8-11(5-6-22-15)7-14(25)18-12(19)3-2-4-13(18)20/h2-6,8-10H,7H2,1H3,(H,22,23,24). The fourth-order valence-electron chi connectivity index (χ4n) is 2.33. The van der Waals surface area contributed by atoms with Crippen LogP contribution in [0.15, 0.2) is 48.9 Å². The molecule has 2 aromatic heterocycles. The first-order chi connectivity index (χ1) is 12.6. The molecular formula is C18H14Cl2N4O2. The van der Waals surface area contributed by atoms with Crippen molar-refractivity contribution in [2.24, 2.45) is 0 Å². The highest BCUT2D eigenvalue weighted by molar-refractivity contribution is 6.39. The Hall–Kier alpha value is -2.70. The summed E-state index contributed by atoms with van der Waals surface area (Å²) in [6.45, 7) is 0. The Morgan fingerprint density at radius 2 is 1.92 bits per heavy atom. The van der Waals surface area contributed by atoms with Crippen molar-refractivity contribution in [3.8, 4) is 5.88 Å². The molecule has 0 amide bonds. The lowest BCUT2D eigenvalue weighted by Crippen LogP contribution is -2.06. The van der Waals surface area contributed by atoms with E-state index in [4.69, 9.17) is 27.9 Å². The van der Waals surface area contributed by atoms with Gasteiger partial charge in [-0.3, -0.25) is 9.78 Å². The van der Waals surface area contributed by atoms with Crippen LogP contribution < -0.4 is 10.1 Å². The van der Waals surface area contributed by atoms with Gasteiger partial charge in [0.2, 0.25) is 5.88 Å². The number of Topliss-reactive ketones (excluding diaryl/α,β-unsaturated/α-hetero) is 1. The van der Waals surface area contributed by atoms with Crippen molar-refractivity contribution >= 4 is 40.6 Å². The lowest BCUT2D eigenvalue weighted by Gasteiger charge is -2.08. The van der Waals surface area contributed by atoms with Gasteiger partial charge in [-0.15, -0.1) is 0 Å². The molecule has 0 aliphatic heterocycles. The van der Waals surface area contributed by atoms with Crippen molar-refractivity contribution in [3.63, 3.8) is 0 Å². The Balaban J connectivity index is 1.78. The van der Waals surface area contributed by atoms with E-state index in [1.165, 1.54) is 13.3 Å². The fourth-order valence-corrected chi connectivity index (χ4v) is 2.94. The quantitative estimate of drug-likeness (QED) is 0.632. The first-order valence-corrected chi connectivity index (χ1v) is 8.37. The molecule has 132 valence electrons. The van der Waals surface area contributed by atoms with Gasteiger partial charge in [0.1, 0.15) is 5.82 Å². The number of aromatic nitrogens is 3. The molecule has 0 bridgehead atoms. The Labute approximate surface area is 160 Å². The van der Waals surface area contributed by atoms with Crippen LogP contribution in [0.25, 0.3) is 0 Å². The fraction of sp³-hybridized carbons (Fsp3) is 0.111. The molecule has 0 spiro atoms. The molecule has 0 aliphatic rings. The van der Waals surface area contributed by atoms with E-state index in [1.807, 2.05) is 0 Å². The van der Waals surface area contributed by atoms with Crippen molar-refractivity contribution in [2.45, 2.75) is 6.42 Å². The highest BCUT2D eigenvalue weighted by atomic mass is 35.5. The molecule has 0 aliphatic carbocycles. The second-order valence-electron chi connectivity index (χ2n) is 5.32. The lowest BCUT2D eigenvalue weighted by atomic mass is 10.0. The van der Waals surface area contributed by atoms with Crippen molar-refractivity contribution in [2.75, 3.05) is 12.4 Å². The maximum atomic E-state index is 12.6. The summed E-state index contributed by atoms with van der Waals surface area (Å²) >= 11 is 12.2. The third-order valence-electron chi connectivity index (χ3n) is 3.51. The molecule has 1 aromatic carbocycles. The molecular weight excluding hydrogens is 375 g/mol. The van der Waals surface area contributed by atoms with Crippen LogP contribution in [0.4, 0.5) is 11.6 Å². The zero-order valence-corrected chi connectivity index (χ0v) is 15.3. The summed E-state index contributed by atoms with van der Waals surface area (Å²) in [6.07, 6.45) is 4.80. The maximum absolute atomic E-state index is 12.6. The number of methoxy groups -OCH3 is 1. The zero-order chi connectivity index (χ0) is 18.5. The molecule has 3 rings (SSSR count). The van der Waals surface area contributed by atoms with E-state index in [2.05, 4.69) is 20.3 Å². The minimum atomic E-state index is -0.168. The van der Waals surface area contributed by atoms with E-state index >= 15 is 0 Å². The van der Waals surface area contributed by atoms with Crippen molar-refractivity contribution in [1.82, 2.24) is 15.0 Å². The zero-order valence-electron chi connectivity index (χ0n) is 13.7. The van der Waals surface area contributed by atoms with Crippen LogP contribution in [0.2, 0.25) is 10.0 Å². The van der Waals surface area contributed by atoms with Gasteiger partial charge in [0, 0.05) is 12.6 Å². The number of nitrogens with one attached hydrogen (secondary N) is 1. The lowest BCUT2D eigenvalue weighted by molar-refractivity contribution is 0.0993. The topological polar surface area (TPSA) is 77.0 Å². The van der Waals surface area contributed by atoms with Crippen LogP contribution in [0.3, 0.4) is 0 Å². The molecule has 2 heterocycles. The smallest absolute Gasteiger partial charge is 0.233 e. The Morgan fingerprint density at radius 3 is 2.65 bits per heavy atom. The molecule has 0 atom stereocenters. The third-order valence-corrected chi connectivity index (χ3v) is 4.14. The molecule has 26 heavy (non-hydrogen) atoms. The van der Waals surface area contributed by atoms with Crippen LogP contribution in [-0.2, 0) is 6.42 Å². The van der Waals surface area contributed by atoms with Gasteiger partial charge < -0.3 is 10.1 Å². The normalized spacial score (nSPS) is 10.4. The molecule has 1 N–H and O–H groups in total. The molecule has 3 aromatic rings. The number of carbonyl (C=O) groups is 1. The SMILES string of the molecule is COc1cncc(Nc2cc(CC(=O)c3c(Cl)cccc3Cl)ccn2)n1. The van der Waals surface area contributed by atoms with Crippen LogP contribution in [0.1, 0.15) is 15.9 Å². The van der Waals surface area contributed by atoms with Crippen molar-refractivity contribution in [3.05, 3.63) is 70.1 Å². The summed E-state index contributed by atoms with van der Waals surface area (Å²) in [5.74, 6) is 1.23. The molecule has 6 nitrogen and oxygen atoms in total. The highest BCUT2D eigenvalue weighted by Crippen LogP contribution is 2.26. The van der Waals surface area contributed by atoms with Gasteiger partial charge in [-0.25, -0.2) is 4.98 Å². The first-order valence-electron chi connectivity index (χ1n) is 7.62. The van der Waals surface area contributed by atoms with Gasteiger partial charge in [-0.2, -0.15) is 4.98 Å². The number of nitrogens with zero attached hydrogens (tertiary/aromatic N) is 3. The number of carbonyl (C=O) groups excluding carboxylic acids is 1. The predicted molar refractivity (Wildman–Crippen MR) is 101 cm³/mol. The first kappa shape index (κ1) is 18.1. The number of hydrogen-bond acceptors (Lipinski definition) is 6. The number of ketones is 1. The maximum Gasteiger partial charge on any atom is 0.233 e. The summed E-state index contributed by atoms with van der Waals surface area (Å²) < 4.78 is 5.04. The number of ether oxygens (including phenoxy) is 1. The minimum absolute atomic E-state index is 0.143. The van der Waals surface area contributed by atoms with Gasteiger partial charge in [-0.05, 0) is 29.8 Å². The molecule has 0 fully saturated rings. The van der Waals surface area contributed by atoms with Crippen LogP contribution in [0.5, 0.6) is 5.88 Å². The Morgan fingerprint density at radius 1 is 1.15 bits per heavy atom. The van der Waals surface area contributed by atoms with Gasteiger partial charge in [0.05, 0.1) is 35.1 Å². The monoisotopic (exact) mass is 388 g/mol. The van der Waals surface area contributed by atoms with E-state index in [1.54, 1.807) is 42.7 Å². The van der Waals surface area contributed by atoms with Crippen LogP contribution >= 0.6 is 23.2 Å². The van der Waals surface area contributed by atoms with Gasteiger partial charge in [0.25, 0.3) is 0 Å². The summed E-state index contributed by atoms with van der Waals surface area (Å²) in [6, 6.07) is 8.49. The van der Waals surface area contributed by atoms with Crippen LogP contribution in [0, 0.1) is 0 Å². The number of benzene rings is 1. The van der Waals surface area contributed by atoms with Crippen molar-refractivity contribution in [1.29, 1.82) is 0 Å². The summed E-state index contributed by atoms with van der Waals surface area (Å²) in [5.41, 5.74) is 1.08. The molecule has 0 saturated carbocycles. The number of rotatable bonds is 6.